The van der Waals surface area contributed by atoms with Crippen molar-refractivity contribution in [3.8, 4) is 0 Å². The Morgan fingerprint density at radius 3 is 2.32 bits per heavy atom. The molecule has 3 aromatic rings. The first-order chi connectivity index (χ1) is 18.6. The van der Waals surface area contributed by atoms with E-state index in [4.69, 9.17) is 5.73 Å². The Balaban J connectivity index is 1.17. The minimum Gasteiger partial charge on any atom is -0.399 e. The van der Waals surface area contributed by atoms with Crippen molar-refractivity contribution in [1.29, 1.82) is 0 Å². The van der Waals surface area contributed by atoms with Gasteiger partial charge in [0, 0.05) is 29.2 Å². The minimum atomic E-state index is -0.120. The largest absolute Gasteiger partial charge is 0.399 e. The van der Waals surface area contributed by atoms with E-state index in [-0.39, 0.29) is 5.91 Å². The number of anilines is 3. The second-order valence-corrected chi connectivity index (χ2v) is 11.2. The highest BCUT2D eigenvalue weighted by Gasteiger charge is 2.29. The molecule has 5 nitrogen and oxygen atoms in total. The zero-order valence-electron chi connectivity index (χ0n) is 22.1. The summed E-state index contributed by atoms with van der Waals surface area (Å²) in [5.74, 6) is 1.80. The predicted octanol–water partition coefficient (Wildman–Crippen LogP) is 6.99. The normalized spacial score (nSPS) is 20.2. The fraction of sp³-hybridized carbons (Fsp3) is 0.364. The monoisotopic (exact) mass is 506 g/mol. The van der Waals surface area contributed by atoms with Crippen molar-refractivity contribution in [1.82, 2.24) is 4.90 Å². The van der Waals surface area contributed by atoms with Gasteiger partial charge in [-0.2, -0.15) is 0 Å². The van der Waals surface area contributed by atoms with Crippen LogP contribution in [0.3, 0.4) is 0 Å². The molecular formula is C33H38N4O. The summed E-state index contributed by atoms with van der Waals surface area (Å²) in [6.07, 6.45) is 9.96. The Kier molecular flexibility index (Phi) is 7.19. The summed E-state index contributed by atoms with van der Waals surface area (Å²) in [6, 6.07) is 24.2. The smallest absolute Gasteiger partial charge is 0.258 e. The molecule has 0 unspecified atom stereocenters. The molecule has 1 saturated carbocycles. The van der Waals surface area contributed by atoms with Crippen LogP contribution in [0.5, 0.6) is 0 Å². The molecule has 1 amide bonds. The van der Waals surface area contributed by atoms with Gasteiger partial charge in [0.05, 0.1) is 11.3 Å². The predicted molar refractivity (Wildman–Crippen MR) is 157 cm³/mol. The van der Waals surface area contributed by atoms with Crippen LogP contribution in [0.4, 0.5) is 17.1 Å². The fourth-order valence-electron chi connectivity index (χ4n) is 6.60. The number of hydrogen-bond acceptors (Lipinski definition) is 4. The van der Waals surface area contributed by atoms with E-state index in [2.05, 4.69) is 39.8 Å². The van der Waals surface area contributed by atoms with Gasteiger partial charge >= 0.3 is 0 Å². The SMILES string of the molecule is Nc1ccc2c(c1)C(=C(Nc1ccc(CN3CCC(C4CCCCC4)CC3)cc1)c1ccccc1)C(=O)N2. The maximum atomic E-state index is 13.1. The fourth-order valence-corrected chi connectivity index (χ4v) is 6.60. The van der Waals surface area contributed by atoms with Crippen LogP contribution >= 0.6 is 0 Å². The molecule has 3 aliphatic rings. The summed E-state index contributed by atoms with van der Waals surface area (Å²) in [5, 5.41) is 6.56. The molecule has 2 aliphatic heterocycles. The van der Waals surface area contributed by atoms with Crippen LogP contribution in [-0.4, -0.2) is 23.9 Å². The van der Waals surface area contributed by atoms with Gasteiger partial charge in [0.2, 0.25) is 0 Å². The van der Waals surface area contributed by atoms with Gasteiger partial charge in [0.15, 0.2) is 0 Å². The third kappa shape index (κ3) is 5.34. The van der Waals surface area contributed by atoms with E-state index >= 15 is 0 Å². The van der Waals surface area contributed by atoms with Crippen molar-refractivity contribution in [2.45, 2.75) is 51.5 Å². The van der Waals surface area contributed by atoms with Gasteiger partial charge in [-0.05, 0) is 79.2 Å². The van der Waals surface area contributed by atoms with E-state index in [1.165, 1.54) is 63.6 Å². The molecule has 3 aromatic carbocycles. The summed E-state index contributed by atoms with van der Waals surface area (Å²) >= 11 is 0. The van der Waals surface area contributed by atoms with E-state index < -0.39 is 0 Å². The minimum absolute atomic E-state index is 0.120. The maximum absolute atomic E-state index is 13.1. The number of amides is 1. The average Bonchev–Trinajstić information content (AvgIpc) is 3.28. The molecular weight excluding hydrogens is 468 g/mol. The molecule has 2 heterocycles. The van der Waals surface area contributed by atoms with Crippen LogP contribution in [0.15, 0.2) is 72.8 Å². The zero-order valence-corrected chi connectivity index (χ0v) is 22.1. The summed E-state index contributed by atoms with van der Waals surface area (Å²) in [7, 11) is 0. The number of hydrogen-bond donors (Lipinski definition) is 3. The first-order valence-electron chi connectivity index (χ1n) is 14.2. The first-order valence-corrected chi connectivity index (χ1v) is 14.2. The Hall–Kier alpha value is -3.57. The number of nitrogens with one attached hydrogen (secondary N) is 2. The van der Waals surface area contributed by atoms with Gasteiger partial charge in [0.25, 0.3) is 5.91 Å². The Morgan fingerprint density at radius 2 is 1.58 bits per heavy atom. The summed E-state index contributed by atoms with van der Waals surface area (Å²) in [5.41, 5.74) is 13.0. The molecule has 0 atom stereocenters. The van der Waals surface area contributed by atoms with Crippen LogP contribution in [0.1, 0.15) is 61.6 Å². The number of carbonyl (C=O) groups excluding carboxylic acids is 1. The third-order valence-corrected chi connectivity index (χ3v) is 8.68. The van der Waals surface area contributed by atoms with Gasteiger partial charge in [0.1, 0.15) is 0 Å². The molecule has 38 heavy (non-hydrogen) atoms. The molecule has 0 bridgehead atoms. The molecule has 1 aliphatic carbocycles. The highest BCUT2D eigenvalue weighted by molar-refractivity contribution is 6.37. The quantitative estimate of drug-likeness (QED) is 0.249. The Labute approximate surface area is 226 Å². The van der Waals surface area contributed by atoms with E-state index in [9.17, 15) is 4.79 Å². The lowest BCUT2D eigenvalue weighted by Gasteiger charge is -2.37. The summed E-state index contributed by atoms with van der Waals surface area (Å²) < 4.78 is 0. The summed E-state index contributed by atoms with van der Waals surface area (Å²) in [6.45, 7) is 3.42. The van der Waals surface area contributed by atoms with Crippen LogP contribution in [-0.2, 0) is 11.3 Å². The molecule has 0 aromatic heterocycles. The molecule has 5 heteroatoms. The van der Waals surface area contributed by atoms with Crippen molar-refractivity contribution < 1.29 is 4.79 Å². The topological polar surface area (TPSA) is 70.4 Å². The number of fused-ring (bicyclic) bond motifs is 1. The van der Waals surface area contributed by atoms with E-state index in [1.54, 1.807) is 0 Å². The Morgan fingerprint density at radius 1 is 0.868 bits per heavy atom. The second-order valence-electron chi connectivity index (χ2n) is 11.2. The van der Waals surface area contributed by atoms with Gasteiger partial charge in [-0.25, -0.2) is 0 Å². The molecule has 1 saturated heterocycles. The van der Waals surface area contributed by atoms with E-state index in [0.717, 1.165) is 46.6 Å². The van der Waals surface area contributed by atoms with Crippen molar-refractivity contribution in [3.63, 3.8) is 0 Å². The average molecular weight is 507 g/mol. The lowest BCUT2D eigenvalue weighted by molar-refractivity contribution is -0.110. The summed E-state index contributed by atoms with van der Waals surface area (Å²) in [4.78, 5) is 15.7. The van der Waals surface area contributed by atoms with Gasteiger partial charge in [-0.3, -0.25) is 9.69 Å². The van der Waals surface area contributed by atoms with Crippen molar-refractivity contribution in [3.05, 3.63) is 89.5 Å². The number of piperidine rings is 1. The number of nitrogen functional groups attached to an aromatic ring is 1. The number of nitrogens with zero attached hydrogens (tertiary/aromatic N) is 1. The van der Waals surface area contributed by atoms with Crippen LogP contribution < -0.4 is 16.4 Å². The number of benzene rings is 3. The van der Waals surface area contributed by atoms with Crippen LogP contribution in [0.2, 0.25) is 0 Å². The van der Waals surface area contributed by atoms with Gasteiger partial charge in [-0.15, -0.1) is 0 Å². The number of likely N-dealkylation sites (tertiary alicyclic amines) is 1. The maximum Gasteiger partial charge on any atom is 0.258 e. The molecule has 2 fully saturated rings. The van der Waals surface area contributed by atoms with Gasteiger partial charge in [-0.1, -0.05) is 74.6 Å². The van der Waals surface area contributed by atoms with E-state index in [1.807, 2.05) is 48.5 Å². The molecule has 4 N–H and O–H groups in total. The van der Waals surface area contributed by atoms with Gasteiger partial charge < -0.3 is 16.4 Å². The first kappa shape index (κ1) is 24.7. The van der Waals surface area contributed by atoms with Crippen molar-refractivity contribution in [2.75, 3.05) is 29.5 Å². The molecule has 6 rings (SSSR count). The standard InChI is InChI=1S/C33H38N4O/c34-27-13-16-30-29(21-27)31(33(38)36-30)32(26-9-5-2-6-10-26)35-28-14-11-23(12-15-28)22-37-19-17-25(18-20-37)24-7-3-1-4-8-24/h2,5-6,9-16,21,24-25,35H,1,3-4,7-8,17-20,22,34H2,(H,36,38). The Bertz CT molecular complexity index is 1300. The highest BCUT2D eigenvalue weighted by atomic mass is 16.2. The molecule has 0 spiro atoms. The second kappa shape index (κ2) is 11.0. The third-order valence-electron chi connectivity index (χ3n) is 8.68. The van der Waals surface area contributed by atoms with Crippen molar-refractivity contribution >= 4 is 34.2 Å². The van der Waals surface area contributed by atoms with Crippen LogP contribution in [0.25, 0.3) is 11.3 Å². The number of carbonyl (C=O) groups is 1. The zero-order chi connectivity index (χ0) is 25.9. The lowest BCUT2D eigenvalue weighted by atomic mass is 9.76. The lowest BCUT2D eigenvalue weighted by Crippen LogP contribution is -2.36. The molecule has 0 radical (unpaired) electrons. The van der Waals surface area contributed by atoms with Crippen LogP contribution in [0, 0.1) is 11.8 Å². The molecule has 196 valence electrons. The number of nitrogens with two attached hydrogens (primary N) is 1. The number of rotatable bonds is 6. The van der Waals surface area contributed by atoms with E-state index in [0.29, 0.717) is 11.3 Å². The highest BCUT2D eigenvalue weighted by Crippen LogP contribution is 2.39. The van der Waals surface area contributed by atoms with Crippen molar-refractivity contribution in [2.24, 2.45) is 11.8 Å².